The Morgan fingerprint density at radius 3 is 1.89 bits per heavy atom. The van der Waals surface area contributed by atoms with Gasteiger partial charge in [-0.05, 0) is 25.1 Å². The summed E-state index contributed by atoms with van der Waals surface area (Å²) in [6.45, 7) is 8.10. The quantitative estimate of drug-likeness (QED) is 0.544. The second-order valence-corrected chi connectivity index (χ2v) is 7.71. The van der Waals surface area contributed by atoms with Crippen LogP contribution in [0.3, 0.4) is 0 Å². The predicted molar refractivity (Wildman–Crippen MR) is 42.4 cm³/mol. The molecule has 2 heteroatoms. The smallest absolute Gasteiger partial charge is 0.231 e. The largest absolute Gasteiger partial charge is 0.298 e. The van der Waals surface area contributed by atoms with Crippen LogP contribution >= 0.6 is 0 Å². The normalized spacial score (nSPS) is 12.7. The van der Waals surface area contributed by atoms with Crippen molar-refractivity contribution in [3.05, 3.63) is 0 Å². The Kier molecular flexibility index (Phi) is 3.44. The second kappa shape index (κ2) is 3.37. The van der Waals surface area contributed by atoms with Crippen molar-refractivity contribution in [1.29, 1.82) is 0 Å². The van der Waals surface area contributed by atoms with Gasteiger partial charge in [-0.2, -0.15) is 0 Å². The molecule has 0 atom stereocenters. The van der Waals surface area contributed by atoms with Gasteiger partial charge in [-0.3, -0.25) is 4.80 Å². The maximum absolute atomic E-state index is 11.1. The molecule has 0 rings (SSSR count). The molecule has 1 radical (unpaired) electrons. The highest BCUT2D eigenvalue weighted by molar-refractivity contribution is 6.69. The molecule has 0 amide bonds. The molecule has 0 bridgehead atoms. The van der Waals surface area contributed by atoms with Gasteiger partial charge in [-0.15, -0.1) is 0 Å². The summed E-state index contributed by atoms with van der Waals surface area (Å²) in [5, 5.41) is 0. The summed E-state index contributed by atoms with van der Waals surface area (Å²) in [6.07, 6.45) is 1.11. The molecule has 55 valence electrons. The van der Waals surface area contributed by atoms with Crippen molar-refractivity contribution in [1.82, 2.24) is 0 Å². The summed E-state index contributed by atoms with van der Waals surface area (Å²) >= 11 is 0. The van der Waals surface area contributed by atoms with Crippen molar-refractivity contribution >= 4 is 8.32 Å². The molecule has 0 saturated carbocycles. The van der Waals surface area contributed by atoms with Crippen LogP contribution in [0.15, 0.2) is 0 Å². The minimum absolute atomic E-state index is 0.700. The zero-order valence-corrected chi connectivity index (χ0v) is 7.90. The van der Waals surface area contributed by atoms with Gasteiger partial charge in [0.05, 0.1) is 0 Å². The summed E-state index contributed by atoms with van der Waals surface area (Å²) in [5.74, 6) is 0.700. The van der Waals surface area contributed by atoms with E-state index in [4.69, 9.17) is 0 Å². The van der Waals surface area contributed by atoms with Crippen LogP contribution in [0.25, 0.3) is 0 Å². The average Bonchev–Trinajstić information content (AvgIpc) is 1.59. The maximum atomic E-state index is 11.1. The summed E-state index contributed by atoms with van der Waals surface area (Å²) < 4.78 is 0. The van der Waals surface area contributed by atoms with E-state index in [0.717, 1.165) is 12.5 Å². The number of hydrogen-bond donors (Lipinski definition) is 0. The van der Waals surface area contributed by atoms with Crippen molar-refractivity contribution in [2.24, 2.45) is 5.92 Å². The summed E-state index contributed by atoms with van der Waals surface area (Å²) in [7, 11) is -1.97. The van der Waals surface area contributed by atoms with Crippen LogP contribution in [0, 0.1) is 5.92 Å². The van der Waals surface area contributed by atoms with Crippen LogP contribution in [0.4, 0.5) is 0 Å². The first-order valence-electron chi connectivity index (χ1n) is 3.62. The van der Waals surface area contributed by atoms with Gasteiger partial charge >= 0.3 is 0 Å². The lowest BCUT2D eigenvalue weighted by Crippen LogP contribution is -2.22. The Labute approximate surface area is 59.2 Å². The SMILES string of the molecule is CC(C)CC[Si](C)(C)[O]. The van der Waals surface area contributed by atoms with Gasteiger partial charge < -0.3 is 0 Å². The number of rotatable bonds is 3. The molecule has 9 heavy (non-hydrogen) atoms. The molecule has 0 fully saturated rings. The topological polar surface area (TPSA) is 19.9 Å². The molecule has 0 spiro atoms. The third-order valence-electron chi connectivity index (χ3n) is 1.32. The monoisotopic (exact) mass is 145 g/mol. The third kappa shape index (κ3) is 8.18. The highest BCUT2D eigenvalue weighted by atomic mass is 28.4. The maximum Gasteiger partial charge on any atom is 0.231 e. The molecule has 0 aromatic carbocycles. The van der Waals surface area contributed by atoms with Crippen LogP contribution < -0.4 is 0 Å². The Bertz CT molecular complexity index is 73.5. The molecular formula is C7H17OSi. The fourth-order valence-electron chi connectivity index (χ4n) is 0.636. The van der Waals surface area contributed by atoms with Crippen LogP contribution in [-0.2, 0) is 4.80 Å². The van der Waals surface area contributed by atoms with Gasteiger partial charge in [0.15, 0.2) is 0 Å². The molecule has 0 heterocycles. The van der Waals surface area contributed by atoms with Crippen LogP contribution in [0.2, 0.25) is 19.1 Å². The Morgan fingerprint density at radius 2 is 1.78 bits per heavy atom. The average molecular weight is 145 g/mol. The predicted octanol–water partition coefficient (Wildman–Crippen LogP) is 2.67. The standard InChI is InChI=1S/C7H17OSi/c1-7(2)5-6-9(3,4)8/h7H,5-6H2,1-4H3. The zero-order valence-electron chi connectivity index (χ0n) is 6.90. The minimum atomic E-state index is -1.97. The van der Waals surface area contributed by atoms with Crippen molar-refractivity contribution < 1.29 is 4.80 Å². The van der Waals surface area contributed by atoms with E-state index in [1.807, 2.05) is 13.1 Å². The zero-order chi connectivity index (χ0) is 7.49. The van der Waals surface area contributed by atoms with Crippen molar-refractivity contribution in [3.8, 4) is 0 Å². The van der Waals surface area contributed by atoms with Crippen LogP contribution in [0.5, 0.6) is 0 Å². The highest BCUT2D eigenvalue weighted by Crippen LogP contribution is 2.13. The van der Waals surface area contributed by atoms with Crippen LogP contribution in [0.1, 0.15) is 20.3 Å². The van der Waals surface area contributed by atoms with Gasteiger partial charge in [-0.1, -0.05) is 20.3 Å². The minimum Gasteiger partial charge on any atom is -0.298 e. The molecule has 0 aliphatic carbocycles. The van der Waals surface area contributed by atoms with Gasteiger partial charge in [0.1, 0.15) is 0 Å². The van der Waals surface area contributed by atoms with E-state index in [-0.39, 0.29) is 0 Å². The molecule has 0 aromatic rings. The third-order valence-corrected chi connectivity index (χ3v) is 2.82. The van der Waals surface area contributed by atoms with E-state index in [2.05, 4.69) is 13.8 Å². The lowest BCUT2D eigenvalue weighted by Gasteiger charge is -2.11. The van der Waals surface area contributed by atoms with E-state index in [9.17, 15) is 4.80 Å². The second-order valence-electron chi connectivity index (χ2n) is 3.69. The van der Waals surface area contributed by atoms with E-state index in [1.54, 1.807) is 0 Å². The number of hydrogen-bond acceptors (Lipinski definition) is 0. The van der Waals surface area contributed by atoms with Gasteiger partial charge in [0, 0.05) is 0 Å². The molecule has 0 N–H and O–H groups in total. The van der Waals surface area contributed by atoms with Gasteiger partial charge in [-0.25, -0.2) is 0 Å². The lowest BCUT2D eigenvalue weighted by atomic mass is 10.2. The Hall–Kier alpha value is 0.177. The molecule has 0 unspecified atom stereocenters. The van der Waals surface area contributed by atoms with Crippen molar-refractivity contribution in [2.75, 3.05) is 0 Å². The molecule has 1 nitrogen and oxygen atoms in total. The van der Waals surface area contributed by atoms with Crippen molar-refractivity contribution in [3.63, 3.8) is 0 Å². The molecule has 0 aliphatic heterocycles. The molecule has 0 aromatic heterocycles. The first-order valence-corrected chi connectivity index (χ1v) is 6.74. The molecule has 0 aliphatic rings. The fraction of sp³-hybridized carbons (Fsp3) is 1.00. The Balaban J connectivity index is 3.28. The van der Waals surface area contributed by atoms with Gasteiger partial charge in [0.25, 0.3) is 0 Å². The lowest BCUT2D eigenvalue weighted by molar-refractivity contribution is 0.420. The van der Waals surface area contributed by atoms with Crippen LogP contribution in [-0.4, -0.2) is 8.32 Å². The fourth-order valence-corrected chi connectivity index (χ4v) is 1.91. The van der Waals surface area contributed by atoms with E-state index in [0.29, 0.717) is 5.92 Å². The Morgan fingerprint density at radius 1 is 1.33 bits per heavy atom. The van der Waals surface area contributed by atoms with Gasteiger partial charge in [0.2, 0.25) is 8.32 Å². The first-order chi connectivity index (χ1) is 3.92. The van der Waals surface area contributed by atoms with E-state index < -0.39 is 8.32 Å². The van der Waals surface area contributed by atoms with E-state index >= 15 is 0 Å². The first kappa shape index (κ1) is 9.18. The summed E-state index contributed by atoms with van der Waals surface area (Å²) in [6, 6.07) is 0.935. The molecular weight excluding hydrogens is 128 g/mol. The molecule has 0 saturated heterocycles. The highest BCUT2D eigenvalue weighted by Gasteiger charge is 2.19. The van der Waals surface area contributed by atoms with E-state index in [1.165, 1.54) is 0 Å². The van der Waals surface area contributed by atoms with Crippen molar-refractivity contribution in [2.45, 2.75) is 39.4 Å². The summed E-state index contributed by atoms with van der Waals surface area (Å²) in [5.41, 5.74) is 0. The summed E-state index contributed by atoms with van der Waals surface area (Å²) in [4.78, 5) is 11.1.